The predicted molar refractivity (Wildman–Crippen MR) is 63.9 cm³/mol. The van der Waals surface area contributed by atoms with E-state index in [9.17, 15) is 4.79 Å². The highest BCUT2D eigenvalue weighted by molar-refractivity contribution is 5.88. The standard InChI is InChI=1S/C12H18N2O2/c1-4-8(2)7-13-11-6-10(12(15)16)5-9(3)14-11/h5-6,8H,4,7H2,1-3H3,(H,13,14)(H,15,16). The highest BCUT2D eigenvalue weighted by Gasteiger charge is 2.07. The van der Waals surface area contributed by atoms with E-state index in [1.165, 1.54) is 0 Å². The summed E-state index contributed by atoms with van der Waals surface area (Å²) < 4.78 is 0. The van der Waals surface area contributed by atoms with Gasteiger partial charge in [0.05, 0.1) is 5.56 Å². The molecule has 0 aliphatic carbocycles. The zero-order valence-corrected chi connectivity index (χ0v) is 9.95. The molecule has 0 radical (unpaired) electrons. The topological polar surface area (TPSA) is 62.2 Å². The van der Waals surface area contributed by atoms with Crippen LogP contribution in [0.4, 0.5) is 5.82 Å². The number of carboxylic acids is 1. The average Bonchev–Trinajstić information content (AvgIpc) is 2.25. The Morgan fingerprint density at radius 1 is 1.56 bits per heavy atom. The number of nitrogens with one attached hydrogen (secondary N) is 1. The van der Waals surface area contributed by atoms with Gasteiger partial charge in [0.1, 0.15) is 5.82 Å². The Balaban J connectivity index is 2.76. The molecule has 1 heterocycles. The van der Waals surface area contributed by atoms with Crippen molar-refractivity contribution < 1.29 is 9.90 Å². The largest absolute Gasteiger partial charge is 0.478 e. The van der Waals surface area contributed by atoms with Crippen molar-refractivity contribution in [2.45, 2.75) is 27.2 Å². The van der Waals surface area contributed by atoms with Crippen LogP contribution in [-0.2, 0) is 0 Å². The molecule has 2 N–H and O–H groups in total. The molecule has 0 amide bonds. The molecule has 0 saturated carbocycles. The van der Waals surface area contributed by atoms with Crippen molar-refractivity contribution in [3.05, 3.63) is 23.4 Å². The van der Waals surface area contributed by atoms with Crippen LogP contribution < -0.4 is 5.32 Å². The van der Waals surface area contributed by atoms with Crippen molar-refractivity contribution in [3.63, 3.8) is 0 Å². The normalized spacial score (nSPS) is 12.2. The summed E-state index contributed by atoms with van der Waals surface area (Å²) in [6.07, 6.45) is 1.09. The first-order valence-electron chi connectivity index (χ1n) is 5.48. The molecular formula is C12H18N2O2. The van der Waals surface area contributed by atoms with E-state index in [-0.39, 0.29) is 5.56 Å². The van der Waals surface area contributed by atoms with Gasteiger partial charge in [0.2, 0.25) is 0 Å². The van der Waals surface area contributed by atoms with Crippen LogP contribution in [0.15, 0.2) is 12.1 Å². The number of nitrogens with zero attached hydrogens (tertiary/aromatic N) is 1. The molecule has 1 aromatic rings. The molecule has 1 unspecified atom stereocenters. The van der Waals surface area contributed by atoms with Crippen LogP contribution in [0.1, 0.15) is 36.3 Å². The van der Waals surface area contributed by atoms with E-state index in [4.69, 9.17) is 5.11 Å². The molecule has 1 atom stereocenters. The maximum absolute atomic E-state index is 10.8. The van der Waals surface area contributed by atoms with Crippen molar-refractivity contribution in [1.29, 1.82) is 0 Å². The molecule has 0 fully saturated rings. The van der Waals surface area contributed by atoms with Crippen LogP contribution in [0.3, 0.4) is 0 Å². The van der Waals surface area contributed by atoms with Crippen LogP contribution in [0.25, 0.3) is 0 Å². The second-order valence-corrected chi connectivity index (χ2v) is 4.08. The lowest BCUT2D eigenvalue weighted by atomic mass is 10.1. The molecule has 0 bridgehead atoms. The lowest BCUT2D eigenvalue weighted by Gasteiger charge is -2.11. The summed E-state index contributed by atoms with van der Waals surface area (Å²) in [6.45, 7) is 6.87. The summed E-state index contributed by atoms with van der Waals surface area (Å²) in [4.78, 5) is 15.1. The Bertz CT molecular complexity index is 377. The van der Waals surface area contributed by atoms with E-state index in [1.54, 1.807) is 19.1 Å². The summed E-state index contributed by atoms with van der Waals surface area (Å²) in [6, 6.07) is 3.13. The average molecular weight is 222 g/mol. The SMILES string of the molecule is CCC(C)CNc1cc(C(=O)O)cc(C)n1. The summed E-state index contributed by atoms with van der Waals surface area (Å²) in [5.41, 5.74) is 0.991. The number of aromatic carboxylic acids is 1. The molecular weight excluding hydrogens is 204 g/mol. The van der Waals surface area contributed by atoms with Crippen molar-refractivity contribution in [2.75, 3.05) is 11.9 Å². The maximum Gasteiger partial charge on any atom is 0.335 e. The maximum atomic E-state index is 10.8. The molecule has 0 saturated heterocycles. The van der Waals surface area contributed by atoms with Gasteiger partial charge in [-0.25, -0.2) is 9.78 Å². The van der Waals surface area contributed by atoms with E-state index < -0.39 is 5.97 Å². The van der Waals surface area contributed by atoms with E-state index in [1.807, 2.05) is 0 Å². The van der Waals surface area contributed by atoms with E-state index in [2.05, 4.69) is 24.1 Å². The Morgan fingerprint density at radius 2 is 2.25 bits per heavy atom. The zero-order valence-electron chi connectivity index (χ0n) is 9.95. The first-order valence-corrected chi connectivity index (χ1v) is 5.48. The molecule has 4 nitrogen and oxygen atoms in total. The summed E-state index contributed by atoms with van der Waals surface area (Å²) in [5, 5.41) is 12.1. The molecule has 1 aromatic heterocycles. The van der Waals surface area contributed by atoms with Gasteiger partial charge in [-0.05, 0) is 25.0 Å². The number of rotatable bonds is 5. The fourth-order valence-corrected chi connectivity index (χ4v) is 1.31. The Hall–Kier alpha value is -1.58. The minimum Gasteiger partial charge on any atom is -0.478 e. The third-order valence-corrected chi connectivity index (χ3v) is 2.53. The van der Waals surface area contributed by atoms with Gasteiger partial charge >= 0.3 is 5.97 Å². The van der Waals surface area contributed by atoms with Crippen molar-refractivity contribution in [2.24, 2.45) is 5.92 Å². The van der Waals surface area contributed by atoms with Gasteiger partial charge < -0.3 is 10.4 Å². The van der Waals surface area contributed by atoms with E-state index in [0.29, 0.717) is 17.4 Å². The van der Waals surface area contributed by atoms with Crippen molar-refractivity contribution >= 4 is 11.8 Å². The lowest BCUT2D eigenvalue weighted by molar-refractivity contribution is 0.0696. The van der Waals surface area contributed by atoms with Crippen LogP contribution in [0.5, 0.6) is 0 Å². The molecule has 16 heavy (non-hydrogen) atoms. The van der Waals surface area contributed by atoms with Crippen LogP contribution in [0.2, 0.25) is 0 Å². The minimum atomic E-state index is -0.919. The smallest absolute Gasteiger partial charge is 0.335 e. The number of carboxylic acid groups (broad SMARTS) is 1. The highest BCUT2D eigenvalue weighted by atomic mass is 16.4. The molecule has 88 valence electrons. The quantitative estimate of drug-likeness (QED) is 0.803. The number of aromatic nitrogens is 1. The summed E-state index contributed by atoms with van der Waals surface area (Å²) >= 11 is 0. The second-order valence-electron chi connectivity index (χ2n) is 4.08. The first kappa shape index (κ1) is 12.5. The van der Waals surface area contributed by atoms with Gasteiger partial charge in [-0.3, -0.25) is 0 Å². The molecule has 0 aliphatic heterocycles. The number of anilines is 1. The van der Waals surface area contributed by atoms with Gasteiger partial charge in [-0.1, -0.05) is 20.3 Å². The van der Waals surface area contributed by atoms with Gasteiger partial charge in [0, 0.05) is 12.2 Å². The Kier molecular flexibility index (Phi) is 4.28. The van der Waals surface area contributed by atoms with E-state index in [0.717, 1.165) is 13.0 Å². The van der Waals surface area contributed by atoms with Gasteiger partial charge in [0.15, 0.2) is 0 Å². The molecule has 0 aliphatic rings. The zero-order chi connectivity index (χ0) is 12.1. The number of hydrogen-bond donors (Lipinski definition) is 2. The van der Waals surface area contributed by atoms with Crippen LogP contribution >= 0.6 is 0 Å². The first-order chi connectivity index (χ1) is 7.52. The fraction of sp³-hybridized carbons (Fsp3) is 0.500. The third-order valence-electron chi connectivity index (χ3n) is 2.53. The number of aryl methyl sites for hydroxylation is 1. The lowest BCUT2D eigenvalue weighted by Crippen LogP contribution is -2.12. The molecule has 1 rings (SSSR count). The van der Waals surface area contributed by atoms with Crippen molar-refractivity contribution in [3.8, 4) is 0 Å². The number of carbonyl (C=O) groups is 1. The Labute approximate surface area is 95.7 Å². The van der Waals surface area contributed by atoms with Crippen LogP contribution in [-0.4, -0.2) is 22.6 Å². The number of hydrogen-bond acceptors (Lipinski definition) is 3. The van der Waals surface area contributed by atoms with Crippen molar-refractivity contribution in [1.82, 2.24) is 4.98 Å². The highest BCUT2D eigenvalue weighted by Crippen LogP contribution is 2.11. The predicted octanol–water partition coefficient (Wildman–Crippen LogP) is 2.55. The Morgan fingerprint density at radius 3 is 2.81 bits per heavy atom. The molecule has 0 aromatic carbocycles. The number of pyridine rings is 1. The van der Waals surface area contributed by atoms with Gasteiger partial charge in [-0.2, -0.15) is 0 Å². The monoisotopic (exact) mass is 222 g/mol. The second kappa shape index (κ2) is 5.49. The summed E-state index contributed by atoms with van der Waals surface area (Å²) in [5.74, 6) is 0.269. The van der Waals surface area contributed by atoms with Crippen LogP contribution in [0, 0.1) is 12.8 Å². The van der Waals surface area contributed by atoms with Gasteiger partial charge in [-0.15, -0.1) is 0 Å². The van der Waals surface area contributed by atoms with Gasteiger partial charge in [0.25, 0.3) is 0 Å². The summed E-state index contributed by atoms with van der Waals surface area (Å²) in [7, 11) is 0. The molecule has 0 spiro atoms. The molecule has 4 heteroatoms. The third kappa shape index (κ3) is 3.53. The van der Waals surface area contributed by atoms with E-state index >= 15 is 0 Å². The minimum absolute atomic E-state index is 0.277. The fourth-order valence-electron chi connectivity index (χ4n) is 1.31.